The van der Waals surface area contributed by atoms with E-state index in [4.69, 9.17) is 0 Å². The lowest BCUT2D eigenvalue weighted by molar-refractivity contribution is -0.356. The number of Topliss-reactive ketones (excluding diaryl/α,β-unsaturated/α-hetero) is 2. The van der Waals surface area contributed by atoms with E-state index in [9.17, 15) is 32.5 Å². The Hall–Kier alpha value is -4.93. The predicted octanol–water partition coefficient (Wildman–Crippen LogP) is 6.77. The van der Waals surface area contributed by atoms with Crippen LogP contribution in [0.2, 0.25) is 0 Å². The summed E-state index contributed by atoms with van der Waals surface area (Å²) in [6.45, 7) is 11.8. The number of anilines is 1. The maximum absolute atomic E-state index is 13.8. The summed E-state index contributed by atoms with van der Waals surface area (Å²) in [5.74, 6) is -2.24. The van der Waals surface area contributed by atoms with Crippen molar-refractivity contribution in [2.45, 2.75) is 63.2 Å². The number of hydrogen-bond donors (Lipinski definition) is 3. The number of hydrogen-bond acceptors (Lipinski definition) is 6. The first-order valence-corrected chi connectivity index (χ1v) is 16.6. The first-order valence-electron chi connectivity index (χ1n) is 15.1. The molecule has 4 aromatic carbocycles. The van der Waals surface area contributed by atoms with Gasteiger partial charge in [-0.3, -0.25) is 18.9 Å². The summed E-state index contributed by atoms with van der Waals surface area (Å²) in [6, 6.07) is 19.2. The highest BCUT2D eigenvalue weighted by atomic mass is 32.2. The minimum atomic E-state index is -4.46. The molecule has 1 aromatic heterocycles. The molecule has 0 saturated heterocycles. The third kappa shape index (κ3) is 5.68. The van der Waals surface area contributed by atoms with Crippen molar-refractivity contribution in [1.82, 2.24) is 0 Å². The van der Waals surface area contributed by atoms with Crippen molar-refractivity contribution in [3.8, 4) is 5.75 Å². The molecule has 1 heterocycles. The molecule has 0 radical (unpaired) electrons. The van der Waals surface area contributed by atoms with Crippen molar-refractivity contribution in [3.63, 3.8) is 0 Å². The quantitative estimate of drug-likeness (QED) is 0.143. The minimum Gasteiger partial charge on any atom is -0.507 e. The summed E-state index contributed by atoms with van der Waals surface area (Å²) >= 11 is 0. The largest absolute Gasteiger partial charge is 0.507 e. The first kappa shape index (κ1) is 32.0. The molecular formula is C37H35N2O7S+. The maximum Gasteiger partial charge on any atom is 0.294 e. The topological polar surface area (TPSA) is 152 Å². The second-order valence-corrected chi connectivity index (χ2v) is 15.5. The number of phenols is 1. The molecule has 1 unspecified atom stereocenters. The smallest absolute Gasteiger partial charge is 0.294 e. The molecule has 1 aliphatic rings. The summed E-state index contributed by atoms with van der Waals surface area (Å²) < 4.78 is 32.8. The van der Waals surface area contributed by atoms with Gasteiger partial charge in [0.25, 0.3) is 16.0 Å². The van der Waals surface area contributed by atoms with E-state index in [0.29, 0.717) is 44.4 Å². The third-order valence-corrected chi connectivity index (χ3v) is 9.51. The van der Waals surface area contributed by atoms with Gasteiger partial charge in [0.2, 0.25) is 5.52 Å². The van der Waals surface area contributed by atoms with Gasteiger partial charge in [0, 0.05) is 39.3 Å². The van der Waals surface area contributed by atoms with Crippen LogP contribution in [0, 0.1) is 0 Å². The normalized spacial score (nSPS) is 15.3. The molecule has 1 atom stereocenters. The average molecular weight is 652 g/mol. The second-order valence-electron chi connectivity index (χ2n) is 14.1. The predicted molar refractivity (Wildman–Crippen MR) is 179 cm³/mol. The molecule has 4 N–H and O–H groups in total. The molecular weight excluding hydrogens is 616 g/mol. The maximum atomic E-state index is 13.8. The molecule has 1 aliphatic carbocycles. The van der Waals surface area contributed by atoms with Gasteiger partial charge in [0.15, 0.2) is 23.2 Å². The molecule has 0 fully saturated rings. The monoisotopic (exact) mass is 651 g/mol. The zero-order valence-electron chi connectivity index (χ0n) is 26.8. The van der Waals surface area contributed by atoms with Crippen molar-refractivity contribution in [2.75, 3.05) is 5.32 Å². The number of carbonyl (C=O) groups excluding carboxylic acids is 3. The number of pyridine rings is 1. The number of amides is 1. The van der Waals surface area contributed by atoms with Crippen LogP contribution in [0.25, 0.3) is 21.7 Å². The van der Waals surface area contributed by atoms with Crippen molar-refractivity contribution in [2.24, 2.45) is 0 Å². The Labute approximate surface area is 272 Å². The van der Waals surface area contributed by atoms with Crippen LogP contribution in [0.15, 0.2) is 77.7 Å². The molecule has 6 rings (SSSR count). The molecule has 10 heteroatoms. The molecule has 0 aliphatic heterocycles. The van der Waals surface area contributed by atoms with E-state index in [-0.39, 0.29) is 27.7 Å². The molecule has 0 saturated carbocycles. The van der Waals surface area contributed by atoms with E-state index in [1.165, 1.54) is 24.3 Å². The van der Waals surface area contributed by atoms with E-state index in [1.807, 2.05) is 47.6 Å². The third-order valence-electron chi connectivity index (χ3n) is 8.66. The number of aromatic hydroxyl groups is 1. The Morgan fingerprint density at radius 2 is 1.34 bits per heavy atom. The van der Waals surface area contributed by atoms with Gasteiger partial charge in [-0.1, -0.05) is 53.7 Å². The Balaban J connectivity index is 1.38. The summed E-state index contributed by atoms with van der Waals surface area (Å²) in [4.78, 5) is 44.0. The van der Waals surface area contributed by atoms with Gasteiger partial charge in [-0.2, -0.15) is 8.42 Å². The molecule has 1 amide bonds. The number of benzene rings is 4. The summed E-state index contributed by atoms with van der Waals surface area (Å²) in [6.07, 6.45) is 0. The van der Waals surface area contributed by atoms with Gasteiger partial charge in [-0.15, -0.1) is 0 Å². The fraction of sp³-hybridized carbons (Fsp3) is 0.243. The van der Waals surface area contributed by atoms with Crippen LogP contribution in [0.4, 0.5) is 5.69 Å². The van der Waals surface area contributed by atoms with Crippen LogP contribution >= 0.6 is 0 Å². The number of fused-ring (bicyclic) bond motifs is 3. The number of rotatable bonds is 4. The lowest BCUT2D eigenvalue weighted by atomic mass is 9.78. The van der Waals surface area contributed by atoms with E-state index in [1.54, 1.807) is 42.5 Å². The number of nitrogens with one attached hydrogen (secondary N) is 2. The molecule has 5 aromatic rings. The zero-order chi connectivity index (χ0) is 34.2. The van der Waals surface area contributed by atoms with Gasteiger partial charge in [0.05, 0.1) is 4.90 Å². The Morgan fingerprint density at radius 3 is 1.91 bits per heavy atom. The molecule has 240 valence electrons. The van der Waals surface area contributed by atoms with Gasteiger partial charge >= 0.3 is 0 Å². The second kappa shape index (κ2) is 10.8. The van der Waals surface area contributed by atoms with Crippen molar-refractivity contribution in [1.29, 1.82) is 0 Å². The van der Waals surface area contributed by atoms with Crippen LogP contribution in [0.5, 0.6) is 5.75 Å². The van der Waals surface area contributed by atoms with Gasteiger partial charge in [-0.25, -0.2) is 4.98 Å². The van der Waals surface area contributed by atoms with Crippen molar-refractivity contribution >= 4 is 55.0 Å². The van der Waals surface area contributed by atoms with Crippen LogP contribution in [0.3, 0.4) is 0 Å². The van der Waals surface area contributed by atoms with Crippen LogP contribution in [0.1, 0.15) is 95.4 Å². The average Bonchev–Trinajstić information content (AvgIpc) is 3.22. The highest BCUT2D eigenvalue weighted by Crippen LogP contribution is 2.40. The van der Waals surface area contributed by atoms with Crippen LogP contribution in [-0.4, -0.2) is 35.6 Å². The Bertz CT molecular complexity index is 2260. The van der Waals surface area contributed by atoms with Crippen LogP contribution in [-0.2, 0) is 20.9 Å². The lowest BCUT2D eigenvalue weighted by Crippen LogP contribution is -2.25. The van der Waals surface area contributed by atoms with Crippen molar-refractivity contribution < 1.29 is 37.4 Å². The number of carbonyl (C=O) groups is 3. The highest BCUT2D eigenvalue weighted by molar-refractivity contribution is 7.85. The number of aromatic amines is 1. The number of phenolic OH excluding ortho intramolecular Hbond substituents is 1. The highest BCUT2D eigenvalue weighted by Gasteiger charge is 2.43. The van der Waals surface area contributed by atoms with E-state index >= 15 is 0 Å². The molecule has 47 heavy (non-hydrogen) atoms. The zero-order valence-corrected chi connectivity index (χ0v) is 27.7. The lowest BCUT2D eigenvalue weighted by Gasteiger charge is -2.28. The number of aromatic nitrogens is 1. The van der Waals surface area contributed by atoms with Gasteiger partial charge < -0.3 is 10.4 Å². The summed E-state index contributed by atoms with van der Waals surface area (Å²) in [5, 5.41) is 15.8. The standard InChI is InChI=1S/C37H34N2O7S/c1-36(2,3)26-17-22(18-27(34(26)42)37(4,5)6)35(43)39-29-9-7-8-19-11-13-28(38-31(19)29)30-32(40)24-15-20-10-12-23(47(44,45)46)14-21(20)16-25(24)33(30)41/h7-18,30,42H,1-6H3,(H,39,43)(H,44,45,46)/p+1. The molecule has 0 spiro atoms. The SMILES string of the molecule is CC(C)(C)c1cc(C(=O)Nc2cccc3ccc(C4C(=O)c5cc6ccc(S(=O)(=O)O)cc6cc5C4=O)[nH+]c23)cc(C(C)(C)C)c1O. The molecule has 9 nitrogen and oxygen atoms in total. The molecule has 0 bridgehead atoms. The number of ketones is 2. The van der Waals surface area contributed by atoms with Gasteiger partial charge in [0.1, 0.15) is 11.4 Å². The number of H-pyrrole nitrogens is 1. The van der Waals surface area contributed by atoms with Crippen LogP contribution < -0.4 is 10.3 Å². The number of para-hydroxylation sites is 1. The summed E-state index contributed by atoms with van der Waals surface area (Å²) in [7, 11) is -4.46. The Kier molecular flexibility index (Phi) is 7.37. The van der Waals surface area contributed by atoms with E-state index < -0.39 is 38.4 Å². The van der Waals surface area contributed by atoms with E-state index in [2.05, 4.69) is 10.3 Å². The van der Waals surface area contributed by atoms with Gasteiger partial charge in [-0.05, 0) is 76.2 Å². The summed E-state index contributed by atoms with van der Waals surface area (Å²) in [5.41, 5.74) is 2.51. The van der Waals surface area contributed by atoms with E-state index in [0.717, 1.165) is 5.39 Å². The fourth-order valence-corrected chi connectivity index (χ4v) is 6.66. The fourth-order valence-electron chi connectivity index (χ4n) is 6.15. The first-order chi connectivity index (χ1) is 21.8. The van der Waals surface area contributed by atoms with Crippen molar-refractivity contribution in [3.05, 3.63) is 106 Å². The Morgan fingerprint density at radius 1 is 0.766 bits per heavy atom. The minimum absolute atomic E-state index is 0.159.